The second-order valence-corrected chi connectivity index (χ2v) is 5.81. The van der Waals surface area contributed by atoms with Crippen LogP contribution in [-0.4, -0.2) is 6.61 Å². The number of benzene rings is 1. The molecule has 0 bridgehead atoms. The monoisotopic (exact) mass is 362 g/mol. The van der Waals surface area contributed by atoms with Crippen LogP contribution in [0.4, 0.5) is 0 Å². The van der Waals surface area contributed by atoms with Gasteiger partial charge in [-0.05, 0) is 30.5 Å². The molecule has 0 radical (unpaired) electrons. The maximum absolute atomic E-state index is 6.01. The molecule has 0 atom stereocenters. The topological polar surface area (TPSA) is 9.23 Å². The highest BCUT2D eigenvalue weighted by molar-refractivity contribution is 9.10. The van der Waals surface area contributed by atoms with Crippen LogP contribution in [0.2, 0.25) is 0 Å². The van der Waals surface area contributed by atoms with Gasteiger partial charge in [-0.25, -0.2) is 0 Å². The van der Waals surface area contributed by atoms with Crippen molar-refractivity contribution in [2.45, 2.75) is 38.9 Å². The summed E-state index contributed by atoms with van der Waals surface area (Å²) in [5.74, 6) is 1.69. The van der Waals surface area contributed by atoms with Crippen LogP contribution in [0.3, 0.4) is 0 Å². The minimum atomic E-state index is 0.654. The van der Waals surface area contributed by atoms with E-state index in [1.807, 2.05) is 0 Å². The minimum absolute atomic E-state index is 0.654. The zero-order valence-electron chi connectivity index (χ0n) is 10.7. The van der Waals surface area contributed by atoms with Gasteiger partial charge >= 0.3 is 0 Å². The molecule has 1 rings (SSSR count). The van der Waals surface area contributed by atoms with Gasteiger partial charge in [0.05, 0.1) is 6.61 Å². The summed E-state index contributed by atoms with van der Waals surface area (Å²) < 4.78 is 7.12. The van der Waals surface area contributed by atoms with Crippen LogP contribution < -0.4 is 4.74 Å². The average molecular weight is 364 g/mol. The van der Waals surface area contributed by atoms with Gasteiger partial charge in [-0.2, -0.15) is 0 Å². The Balaban J connectivity index is 2.82. The van der Waals surface area contributed by atoms with Crippen LogP contribution in [0.25, 0.3) is 0 Å². The largest absolute Gasteiger partial charge is 0.493 e. The first kappa shape index (κ1) is 15.0. The van der Waals surface area contributed by atoms with Crippen molar-refractivity contribution in [2.24, 2.45) is 5.92 Å². The van der Waals surface area contributed by atoms with Crippen LogP contribution in [0.15, 0.2) is 16.6 Å². The lowest BCUT2D eigenvalue weighted by molar-refractivity contribution is 0.238. The first-order chi connectivity index (χ1) is 8.12. The summed E-state index contributed by atoms with van der Waals surface area (Å²) >= 11 is 7.04. The SMILES string of the molecule is CCC(CC)COc1c(C)cc(Br)cc1CBr. The molecule has 0 aromatic heterocycles. The van der Waals surface area contributed by atoms with E-state index in [1.54, 1.807) is 0 Å². The fourth-order valence-corrected chi connectivity index (χ4v) is 2.87. The molecule has 17 heavy (non-hydrogen) atoms. The number of hydrogen-bond acceptors (Lipinski definition) is 1. The van der Waals surface area contributed by atoms with Gasteiger partial charge in [-0.15, -0.1) is 0 Å². The van der Waals surface area contributed by atoms with Crippen LogP contribution in [0, 0.1) is 12.8 Å². The quantitative estimate of drug-likeness (QED) is 0.609. The fourth-order valence-electron chi connectivity index (χ4n) is 1.83. The molecular weight excluding hydrogens is 344 g/mol. The second-order valence-electron chi connectivity index (χ2n) is 4.34. The number of alkyl halides is 1. The summed E-state index contributed by atoms with van der Waals surface area (Å²) in [7, 11) is 0. The smallest absolute Gasteiger partial charge is 0.126 e. The summed E-state index contributed by atoms with van der Waals surface area (Å²) in [4.78, 5) is 0. The zero-order valence-corrected chi connectivity index (χ0v) is 13.9. The van der Waals surface area contributed by atoms with E-state index in [9.17, 15) is 0 Å². The van der Waals surface area contributed by atoms with Gasteiger partial charge in [-0.3, -0.25) is 0 Å². The summed E-state index contributed by atoms with van der Waals surface area (Å²) in [6.45, 7) is 7.35. The van der Waals surface area contributed by atoms with E-state index >= 15 is 0 Å². The normalized spacial score (nSPS) is 10.9. The van der Waals surface area contributed by atoms with Crippen molar-refractivity contribution >= 4 is 31.9 Å². The third kappa shape index (κ3) is 4.29. The Hall–Kier alpha value is -0.0200. The lowest BCUT2D eigenvalue weighted by Gasteiger charge is -2.18. The van der Waals surface area contributed by atoms with Crippen molar-refractivity contribution in [3.8, 4) is 5.75 Å². The highest BCUT2D eigenvalue weighted by Crippen LogP contribution is 2.30. The minimum Gasteiger partial charge on any atom is -0.493 e. The molecule has 1 nitrogen and oxygen atoms in total. The van der Waals surface area contributed by atoms with E-state index in [0.29, 0.717) is 5.92 Å². The number of hydrogen-bond donors (Lipinski definition) is 0. The molecule has 0 spiro atoms. The van der Waals surface area contributed by atoms with Crippen LogP contribution in [-0.2, 0) is 5.33 Å². The van der Waals surface area contributed by atoms with E-state index in [4.69, 9.17) is 4.74 Å². The number of rotatable bonds is 6. The molecule has 1 aromatic rings. The molecule has 0 heterocycles. The predicted octanol–water partition coefficient (Wildman–Crippen LogP) is 5.47. The van der Waals surface area contributed by atoms with Crippen molar-refractivity contribution in [1.29, 1.82) is 0 Å². The van der Waals surface area contributed by atoms with E-state index in [1.165, 1.54) is 24.0 Å². The van der Waals surface area contributed by atoms with E-state index in [0.717, 1.165) is 22.2 Å². The summed E-state index contributed by atoms with van der Waals surface area (Å²) in [6.07, 6.45) is 2.35. The number of ether oxygens (including phenoxy) is 1. The average Bonchev–Trinajstić information content (AvgIpc) is 2.31. The maximum Gasteiger partial charge on any atom is 0.126 e. The highest BCUT2D eigenvalue weighted by atomic mass is 79.9. The number of aryl methyl sites for hydroxylation is 1. The molecule has 0 aliphatic rings. The Kier molecular flexibility index (Phi) is 6.57. The van der Waals surface area contributed by atoms with Crippen molar-refractivity contribution in [2.75, 3.05) is 6.61 Å². The molecule has 0 unspecified atom stereocenters. The standard InChI is InChI=1S/C14H20Br2O/c1-4-11(5-2)9-17-14-10(3)6-13(16)7-12(14)8-15/h6-7,11H,4-5,8-9H2,1-3H3. The first-order valence-electron chi connectivity index (χ1n) is 6.10. The lowest BCUT2D eigenvalue weighted by Crippen LogP contribution is -2.11. The van der Waals surface area contributed by atoms with E-state index < -0.39 is 0 Å². The Morgan fingerprint density at radius 2 is 1.88 bits per heavy atom. The first-order valence-corrected chi connectivity index (χ1v) is 8.01. The molecular formula is C14H20Br2O. The molecule has 3 heteroatoms. The molecule has 0 aliphatic carbocycles. The molecule has 96 valence electrons. The number of halogens is 2. The van der Waals surface area contributed by atoms with Gasteiger partial charge in [0.15, 0.2) is 0 Å². The Morgan fingerprint density at radius 3 is 2.41 bits per heavy atom. The van der Waals surface area contributed by atoms with Gasteiger partial charge in [0.2, 0.25) is 0 Å². The summed E-state index contributed by atoms with van der Waals surface area (Å²) in [5, 5.41) is 0.825. The zero-order chi connectivity index (χ0) is 12.8. The van der Waals surface area contributed by atoms with Gasteiger partial charge in [0.1, 0.15) is 5.75 Å². The Morgan fingerprint density at radius 1 is 1.24 bits per heavy atom. The van der Waals surface area contributed by atoms with Crippen LogP contribution in [0.5, 0.6) is 5.75 Å². The third-order valence-corrected chi connectivity index (χ3v) is 4.14. The third-order valence-electron chi connectivity index (χ3n) is 3.08. The molecule has 0 amide bonds. The summed E-state index contributed by atoms with van der Waals surface area (Å²) in [5.41, 5.74) is 2.41. The summed E-state index contributed by atoms with van der Waals surface area (Å²) in [6, 6.07) is 4.22. The van der Waals surface area contributed by atoms with Crippen LogP contribution in [0.1, 0.15) is 37.8 Å². The van der Waals surface area contributed by atoms with E-state index in [2.05, 4.69) is 64.8 Å². The van der Waals surface area contributed by atoms with Crippen molar-refractivity contribution in [3.05, 3.63) is 27.7 Å². The Bertz CT molecular complexity index is 359. The van der Waals surface area contributed by atoms with E-state index in [-0.39, 0.29) is 0 Å². The lowest BCUT2D eigenvalue weighted by atomic mass is 10.1. The molecule has 0 aliphatic heterocycles. The maximum atomic E-state index is 6.01. The van der Waals surface area contributed by atoms with Crippen LogP contribution >= 0.6 is 31.9 Å². The molecule has 0 fully saturated rings. The second kappa shape index (κ2) is 7.42. The molecule has 0 saturated carbocycles. The van der Waals surface area contributed by atoms with Crippen molar-refractivity contribution < 1.29 is 4.74 Å². The predicted molar refractivity (Wildman–Crippen MR) is 81.1 cm³/mol. The van der Waals surface area contributed by atoms with Gasteiger partial charge < -0.3 is 4.74 Å². The molecule has 1 aromatic carbocycles. The molecule has 0 saturated heterocycles. The molecule has 0 N–H and O–H groups in total. The van der Waals surface area contributed by atoms with Crippen molar-refractivity contribution in [3.63, 3.8) is 0 Å². The highest BCUT2D eigenvalue weighted by Gasteiger charge is 2.10. The van der Waals surface area contributed by atoms with Gasteiger partial charge in [0.25, 0.3) is 0 Å². The van der Waals surface area contributed by atoms with Crippen molar-refractivity contribution in [1.82, 2.24) is 0 Å². The Labute approximate surface area is 121 Å². The van der Waals surface area contributed by atoms with Gasteiger partial charge in [-0.1, -0.05) is 58.5 Å². The van der Waals surface area contributed by atoms with Gasteiger partial charge in [0, 0.05) is 15.4 Å². The fraction of sp³-hybridized carbons (Fsp3) is 0.571.